The second-order valence-corrected chi connectivity index (χ2v) is 15.8. The Bertz CT molecular complexity index is 806. The lowest BCUT2D eigenvalue weighted by atomic mass is 9.87. The molecule has 0 saturated carbocycles. The standard InChI is InChI=1S/C46H85N/c1-7-10-13-16-19-20-21-22-23-24-25-28-31-34-44-38-45(40-46(39-44)41-47(5)6)36-35-42(4)37-43(32-29-26-17-14-11-8-2)33-30-27-18-15-12-9-3/h38-40,43H,4,7-37,41H2,1-3,5-6H3. The first kappa shape index (κ1) is 43.9. The van der Waals surface area contributed by atoms with E-state index in [9.17, 15) is 0 Å². The van der Waals surface area contributed by atoms with Gasteiger partial charge >= 0.3 is 0 Å². The van der Waals surface area contributed by atoms with Gasteiger partial charge in [-0.15, -0.1) is 0 Å². The highest BCUT2D eigenvalue weighted by Crippen LogP contribution is 2.27. The van der Waals surface area contributed by atoms with Gasteiger partial charge in [0.15, 0.2) is 0 Å². The number of unbranched alkanes of at least 4 members (excludes halogenated alkanes) is 22. The minimum Gasteiger partial charge on any atom is -0.305 e. The molecule has 1 aromatic carbocycles. The van der Waals surface area contributed by atoms with E-state index in [1.54, 1.807) is 11.1 Å². The summed E-state index contributed by atoms with van der Waals surface area (Å²) in [7, 11) is 4.41. The van der Waals surface area contributed by atoms with Gasteiger partial charge in [0.2, 0.25) is 0 Å². The molecule has 0 saturated heterocycles. The summed E-state index contributed by atoms with van der Waals surface area (Å²) >= 11 is 0. The van der Waals surface area contributed by atoms with Gasteiger partial charge in [-0.1, -0.05) is 218 Å². The Hall–Kier alpha value is -1.08. The second kappa shape index (κ2) is 32.1. The Labute approximate surface area is 297 Å². The van der Waals surface area contributed by atoms with E-state index < -0.39 is 0 Å². The molecule has 0 spiro atoms. The van der Waals surface area contributed by atoms with Crippen LogP contribution in [0, 0.1) is 5.92 Å². The quantitative estimate of drug-likeness (QED) is 0.0521. The predicted molar refractivity (Wildman–Crippen MR) is 215 cm³/mol. The highest BCUT2D eigenvalue weighted by Gasteiger charge is 2.12. The lowest BCUT2D eigenvalue weighted by molar-refractivity contribution is 0.397. The normalized spacial score (nSPS) is 11.7. The van der Waals surface area contributed by atoms with Crippen molar-refractivity contribution in [3.05, 3.63) is 47.0 Å². The molecule has 0 aliphatic rings. The smallest absolute Gasteiger partial charge is 0.0227 e. The molecular formula is C46H85N. The van der Waals surface area contributed by atoms with E-state index in [1.807, 2.05) is 0 Å². The van der Waals surface area contributed by atoms with Crippen LogP contribution in [0.15, 0.2) is 30.4 Å². The fourth-order valence-corrected chi connectivity index (χ4v) is 7.54. The fourth-order valence-electron chi connectivity index (χ4n) is 7.54. The summed E-state index contributed by atoms with van der Waals surface area (Å²) < 4.78 is 0. The highest BCUT2D eigenvalue weighted by molar-refractivity contribution is 5.31. The average molecular weight is 652 g/mol. The van der Waals surface area contributed by atoms with Crippen LogP contribution in [0.3, 0.4) is 0 Å². The number of hydrogen-bond acceptors (Lipinski definition) is 1. The average Bonchev–Trinajstić information content (AvgIpc) is 3.05. The van der Waals surface area contributed by atoms with Gasteiger partial charge in [0, 0.05) is 6.54 Å². The molecule has 0 atom stereocenters. The lowest BCUT2D eigenvalue weighted by Crippen LogP contribution is -2.11. The summed E-state index contributed by atoms with van der Waals surface area (Å²) in [6, 6.07) is 7.53. The van der Waals surface area contributed by atoms with E-state index in [0.29, 0.717) is 0 Å². The van der Waals surface area contributed by atoms with Crippen LogP contribution in [0.5, 0.6) is 0 Å². The summed E-state index contributed by atoms with van der Waals surface area (Å²) in [5.74, 6) is 0.853. The molecule has 47 heavy (non-hydrogen) atoms. The van der Waals surface area contributed by atoms with E-state index in [4.69, 9.17) is 0 Å². The van der Waals surface area contributed by atoms with Crippen molar-refractivity contribution in [2.75, 3.05) is 14.1 Å². The van der Waals surface area contributed by atoms with Gasteiger partial charge in [0.1, 0.15) is 0 Å². The van der Waals surface area contributed by atoms with Crippen molar-refractivity contribution in [1.82, 2.24) is 4.90 Å². The van der Waals surface area contributed by atoms with E-state index in [0.717, 1.165) is 25.3 Å². The molecule has 1 nitrogen and oxygen atoms in total. The molecule has 1 aromatic rings. The van der Waals surface area contributed by atoms with Gasteiger partial charge in [0.25, 0.3) is 0 Å². The van der Waals surface area contributed by atoms with Crippen molar-refractivity contribution < 1.29 is 0 Å². The van der Waals surface area contributed by atoms with E-state index in [-0.39, 0.29) is 0 Å². The Morgan fingerprint density at radius 2 is 0.851 bits per heavy atom. The molecule has 0 N–H and O–H groups in total. The summed E-state index contributed by atoms with van der Waals surface area (Å²) in [5.41, 5.74) is 6.10. The molecule has 0 fully saturated rings. The summed E-state index contributed by atoms with van der Waals surface area (Å²) in [6.07, 6.45) is 43.2. The van der Waals surface area contributed by atoms with E-state index >= 15 is 0 Å². The first-order valence-corrected chi connectivity index (χ1v) is 21.4. The summed E-state index contributed by atoms with van der Waals surface area (Å²) in [6.45, 7) is 12.6. The van der Waals surface area contributed by atoms with Crippen LogP contribution in [0.4, 0.5) is 0 Å². The maximum absolute atomic E-state index is 4.65. The third-order valence-electron chi connectivity index (χ3n) is 10.5. The van der Waals surface area contributed by atoms with Crippen molar-refractivity contribution in [2.24, 2.45) is 5.92 Å². The van der Waals surface area contributed by atoms with Gasteiger partial charge in [-0.2, -0.15) is 0 Å². The third-order valence-corrected chi connectivity index (χ3v) is 10.5. The minimum atomic E-state index is 0.853. The van der Waals surface area contributed by atoms with Crippen molar-refractivity contribution in [3.63, 3.8) is 0 Å². The maximum Gasteiger partial charge on any atom is 0.0227 e. The van der Waals surface area contributed by atoms with Crippen molar-refractivity contribution >= 4 is 0 Å². The molecule has 0 aliphatic carbocycles. The SMILES string of the molecule is C=C(CCc1cc(CCCCCCCCCCCCCCC)cc(CN(C)C)c1)CC(CCCCCCCC)CCCCCCCC. The van der Waals surface area contributed by atoms with Crippen molar-refractivity contribution in [1.29, 1.82) is 0 Å². The Balaban J connectivity index is 2.50. The van der Waals surface area contributed by atoms with Crippen LogP contribution >= 0.6 is 0 Å². The third kappa shape index (κ3) is 27.4. The molecule has 1 heteroatoms. The summed E-state index contributed by atoms with van der Waals surface area (Å²) in [4.78, 5) is 2.32. The fraction of sp³-hybridized carbons (Fsp3) is 0.826. The van der Waals surface area contributed by atoms with Crippen molar-refractivity contribution in [2.45, 2.75) is 226 Å². The zero-order valence-corrected chi connectivity index (χ0v) is 33.1. The first-order valence-electron chi connectivity index (χ1n) is 21.4. The molecular weight excluding hydrogens is 567 g/mol. The van der Waals surface area contributed by atoms with Crippen LogP contribution < -0.4 is 0 Å². The molecule has 0 aliphatic heterocycles. The number of aryl methyl sites for hydroxylation is 2. The monoisotopic (exact) mass is 652 g/mol. The number of benzene rings is 1. The molecule has 1 rings (SSSR count). The van der Waals surface area contributed by atoms with Crippen LogP contribution in [0.25, 0.3) is 0 Å². The molecule has 274 valence electrons. The molecule has 0 amide bonds. The van der Waals surface area contributed by atoms with Gasteiger partial charge in [-0.25, -0.2) is 0 Å². The lowest BCUT2D eigenvalue weighted by Gasteiger charge is -2.19. The molecule has 0 radical (unpaired) electrons. The van der Waals surface area contributed by atoms with Gasteiger partial charge in [0.05, 0.1) is 0 Å². The number of hydrogen-bond donors (Lipinski definition) is 0. The van der Waals surface area contributed by atoms with Crippen molar-refractivity contribution in [3.8, 4) is 0 Å². The van der Waals surface area contributed by atoms with E-state index in [2.05, 4.69) is 64.5 Å². The predicted octanol–water partition coefficient (Wildman–Crippen LogP) is 15.4. The molecule has 0 aromatic heterocycles. The van der Waals surface area contributed by atoms with Crippen LogP contribution in [-0.4, -0.2) is 19.0 Å². The number of allylic oxidation sites excluding steroid dienone is 1. The number of rotatable bonds is 35. The number of nitrogens with zero attached hydrogens (tertiary/aromatic N) is 1. The van der Waals surface area contributed by atoms with E-state index in [1.165, 1.54) is 197 Å². The molecule has 0 bridgehead atoms. The van der Waals surface area contributed by atoms with Crippen LogP contribution in [0.1, 0.15) is 224 Å². The maximum atomic E-state index is 4.65. The molecule has 0 heterocycles. The van der Waals surface area contributed by atoms with Crippen LogP contribution in [0.2, 0.25) is 0 Å². The van der Waals surface area contributed by atoms with Crippen LogP contribution in [-0.2, 0) is 19.4 Å². The van der Waals surface area contributed by atoms with Gasteiger partial charge < -0.3 is 4.90 Å². The molecule has 0 unspecified atom stereocenters. The van der Waals surface area contributed by atoms with Gasteiger partial charge in [-0.05, 0) is 68.8 Å². The second-order valence-electron chi connectivity index (χ2n) is 15.8. The van der Waals surface area contributed by atoms with Gasteiger partial charge in [-0.3, -0.25) is 0 Å². The Kier molecular flexibility index (Phi) is 30.1. The minimum absolute atomic E-state index is 0.853. The first-order chi connectivity index (χ1) is 23.0. The summed E-state index contributed by atoms with van der Waals surface area (Å²) in [5, 5.41) is 0. The zero-order valence-electron chi connectivity index (χ0n) is 33.1. The zero-order chi connectivity index (χ0) is 34.2. The highest BCUT2D eigenvalue weighted by atomic mass is 15.0. The Morgan fingerprint density at radius 3 is 1.28 bits per heavy atom. The Morgan fingerprint density at radius 1 is 0.489 bits per heavy atom. The topological polar surface area (TPSA) is 3.24 Å². The largest absolute Gasteiger partial charge is 0.305 e.